The summed E-state index contributed by atoms with van der Waals surface area (Å²) >= 11 is 3.56. The molecule has 6 heteroatoms. The molecular weight excluding hydrogens is 566 g/mol. The SMILES string of the molecule is COc1ccc([C@@H]2[C@H](C(=O)c3ccccc3)N3c4ccc(Br)cc4C=C[C@H]3C23C(=O)c2ccccc2C3=O)cc1. The van der Waals surface area contributed by atoms with E-state index in [1.165, 1.54) is 0 Å². The van der Waals surface area contributed by atoms with Crippen LogP contribution in [0.1, 0.15) is 48.1 Å². The summed E-state index contributed by atoms with van der Waals surface area (Å²) in [5.41, 5.74) is 2.31. The summed E-state index contributed by atoms with van der Waals surface area (Å²) in [5.74, 6) is -0.705. The standard InChI is InChI=1S/C34H24BrNO4/c1-40-24-15-11-20(12-16-24)29-30(31(37)21-7-3-2-4-8-21)36-27-17-14-23(35)19-22(27)13-18-28(36)34(29)32(38)25-9-5-6-10-26(25)33(34)39/h2-19,28-30H,1H3/t28-,29+,30+/m0/s1. The maximum absolute atomic E-state index is 14.6. The zero-order valence-corrected chi connectivity index (χ0v) is 23.2. The number of anilines is 1. The van der Waals surface area contributed by atoms with Gasteiger partial charge in [-0.05, 0) is 41.5 Å². The number of methoxy groups -OCH3 is 1. The Balaban J connectivity index is 1.54. The molecule has 40 heavy (non-hydrogen) atoms. The molecule has 3 aliphatic rings. The van der Waals surface area contributed by atoms with Gasteiger partial charge in [-0.25, -0.2) is 0 Å². The fourth-order valence-corrected chi connectivity index (χ4v) is 7.28. The first-order valence-corrected chi connectivity index (χ1v) is 13.9. The molecule has 7 rings (SSSR count). The molecule has 0 radical (unpaired) electrons. The summed E-state index contributed by atoms with van der Waals surface area (Å²) < 4.78 is 6.31. The van der Waals surface area contributed by atoms with E-state index in [0.717, 1.165) is 21.3 Å². The number of carbonyl (C=O) groups excluding carboxylic acids is 3. The van der Waals surface area contributed by atoms with E-state index >= 15 is 0 Å². The maximum Gasteiger partial charge on any atom is 0.185 e. The van der Waals surface area contributed by atoms with Crippen molar-refractivity contribution in [2.24, 2.45) is 5.41 Å². The predicted octanol–water partition coefficient (Wildman–Crippen LogP) is 6.77. The van der Waals surface area contributed by atoms with Crippen LogP contribution in [-0.2, 0) is 0 Å². The highest BCUT2D eigenvalue weighted by molar-refractivity contribution is 9.10. The summed E-state index contributed by atoms with van der Waals surface area (Å²) in [6.07, 6.45) is 3.90. The van der Waals surface area contributed by atoms with Crippen LogP contribution in [0.3, 0.4) is 0 Å². The van der Waals surface area contributed by atoms with Crippen LogP contribution in [0.5, 0.6) is 5.75 Å². The molecule has 2 aliphatic heterocycles. The van der Waals surface area contributed by atoms with Gasteiger partial charge >= 0.3 is 0 Å². The Morgan fingerprint density at radius 3 is 2.15 bits per heavy atom. The third kappa shape index (κ3) is 3.29. The number of ketones is 3. The first-order chi connectivity index (χ1) is 19.5. The average molecular weight is 590 g/mol. The normalized spacial score (nSPS) is 21.8. The molecule has 4 aromatic rings. The molecule has 0 unspecified atom stereocenters. The Hall–Kier alpha value is -4.29. The number of hydrogen-bond acceptors (Lipinski definition) is 5. The molecule has 0 aromatic heterocycles. The maximum atomic E-state index is 14.6. The first-order valence-electron chi connectivity index (χ1n) is 13.1. The third-order valence-corrected chi connectivity index (χ3v) is 9.06. The smallest absolute Gasteiger partial charge is 0.185 e. The van der Waals surface area contributed by atoms with Crippen molar-refractivity contribution in [3.05, 3.63) is 135 Å². The van der Waals surface area contributed by atoms with Crippen LogP contribution in [0.25, 0.3) is 6.08 Å². The quantitative estimate of drug-likeness (QED) is 0.194. The molecule has 3 atom stereocenters. The molecule has 4 aromatic carbocycles. The molecule has 0 N–H and O–H groups in total. The number of rotatable bonds is 4. The van der Waals surface area contributed by atoms with Gasteiger partial charge in [0.15, 0.2) is 17.3 Å². The lowest BCUT2D eigenvalue weighted by Crippen LogP contribution is -2.48. The van der Waals surface area contributed by atoms with E-state index in [0.29, 0.717) is 22.4 Å². The molecular formula is C34H24BrNO4. The van der Waals surface area contributed by atoms with Crippen LogP contribution >= 0.6 is 15.9 Å². The second kappa shape index (κ2) is 9.14. The van der Waals surface area contributed by atoms with Crippen molar-refractivity contribution in [3.63, 3.8) is 0 Å². The molecule has 0 bridgehead atoms. The lowest BCUT2D eigenvalue weighted by molar-refractivity contribution is 0.0666. The van der Waals surface area contributed by atoms with Crippen LogP contribution in [0.15, 0.2) is 108 Å². The van der Waals surface area contributed by atoms with E-state index in [2.05, 4.69) is 15.9 Å². The van der Waals surface area contributed by atoms with E-state index in [-0.39, 0.29) is 17.3 Å². The molecule has 1 fully saturated rings. The highest BCUT2D eigenvalue weighted by atomic mass is 79.9. The molecule has 1 saturated heterocycles. The highest BCUT2D eigenvalue weighted by Gasteiger charge is 2.71. The van der Waals surface area contributed by atoms with Crippen molar-refractivity contribution >= 4 is 45.0 Å². The van der Waals surface area contributed by atoms with Crippen LogP contribution < -0.4 is 9.64 Å². The second-order valence-corrected chi connectivity index (χ2v) is 11.3. The Morgan fingerprint density at radius 1 is 0.850 bits per heavy atom. The molecule has 2 heterocycles. The minimum atomic E-state index is -1.52. The van der Waals surface area contributed by atoms with Crippen LogP contribution in [-0.4, -0.2) is 36.5 Å². The Labute approximate surface area is 240 Å². The predicted molar refractivity (Wildman–Crippen MR) is 157 cm³/mol. The van der Waals surface area contributed by atoms with Crippen molar-refractivity contribution in [2.75, 3.05) is 12.0 Å². The minimum Gasteiger partial charge on any atom is -0.497 e. The van der Waals surface area contributed by atoms with Crippen molar-refractivity contribution < 1.29 is 19.1 Å². The first kappa shape index (κ1) is 24.7. The number of hydrogen-bond donors (Lipinski definition) is 0. The van der Waals surface area contributed by atoms with Crippen molar-refractivity contribution in [2.45, 2.75) is 18.0 Å². The summed E-state index contributed by atoms with van der Waals surface area (Å²) in [6, 6.07) is 28.0. The number of halogens is 1. The average Bonchev–Trinajstić information content (AvgIpc) is 3.43. The van der Waals surface area contributed by atoms with Gasteiger partial charge in [0.2, 0.25) is 0 Å². The number of nitrogens with zero attached hydrogens (tertiary/aromatic N) is 1. The number of benzene rings is 4. The van der Waals surface area contributed by atoms with Crippen molar-refractivity contribution in [1.29, 1.82) is 0 Å². The minimum absolute atomic E-state index is 0.135. The number of fused-ring (bicyclic) bond motifs is 5. The number of Topliss-reactive ketones (excluding diaryl/α,β-unsaturated/α-hetero) is 3. The van der Waals surface area contributed by atoms with Gasteiger partial charge < -0.3 is 9.64 Å². The zero-order valence-electron chi connectivity index (χ0n) is 21.6. The summed E-state index contributed by atoms with van der Waals surface area (Å²) in [4.78, 5) is 45.9. The van der Waals surface area contributed by atoms with Gasteiger partial charge in [-0.15, -0.1) is 0 Å². The number of carbonyl (C=O) groups is 3. The zero-order chi connectivity index (χ0) is 27.6. The van der Waals surface area contributed by atoms with Crippen LogP contribution in [0.4, 0.5) is 5.69 Å². The van der Waals surface area contributed by atoms with Crippen LogP contribution in [0, 0.1) is 5.41 Å². The molecule has 5 nitrogen and oxygen atoms in total. The van der Waals surface area contributed by atoms with Crippen LogP contribution in [0.2, 0.25) is 0 Å². The van der Waals surface area contributed by atoms with Crippen molar-refractivity contribution in [3.8, 4) is 5.75 Å². The number of ether oxygens (including phenoxy) is 1. The molecule has 196 valence electrons. The lowest BCUT2D eigenvalue weighted by atomic mass is 9.64. The summed E-state index contributed by atoms with van der Waals surface area (Å²) in [7, 11) is 1.59. The van der Waals surface area contributed by atoms with E-state index in [1.54, 1.807) is 43.5 Å². The Kier molecular flexibility index (Phi) is 5.65. The fourth-order valence-electron chi connectivity index (χ4n) is 6.91. The van der Waals surface area contributed by atoms with Crippen molar-refractivity contribution in [1.82, 2.24) is 0 Å². The third-order valence-electron chi connectivity index (χ3n) is 8.57. The van der Waals surface area contributed by atoms with Gasteiger partial charge in [0.25, 0.3) is 0 Å². The van der Waals surface area contributed by atoms with Gasteiger partial charge in [0.1, 0.15) is 17.2 Å². The topological polar surface area (TPSA) is 63.7 Å². The summed E-state index contributed by atoms with van der Waals surface area (Å²) in [6.45, 7) is 0. The van der Waals surface area contributed by atoms with Gasteiger partial charge in [-0.3, -0.25) is 14.4 Å². The monoisotopic (exact) mass is 589 g/mol. The largest absolute Gasteiger partial charge is 0.497 e. The fraction of sp³-hybridized carbons (Fsp3) is 0.147. The lowest BCUT2D eigenvalue weighted by Gasteiger charge is -2.37. The Morgan fingerprint density at radius 2 is 1.50 bits per heavy atom. The highest BCUT2D eigenvalue weighted by Crippen LogP contribution is 2.61. The van der Waals surface area contributed by atoms with Gasteiger partial charge in [0.05, 0.1) is 13.2 Å². The molecule has 1 spiro atoms. The molecule has 0 saturated carbocycles. The van der Waals surface area contributed by atoms with E-state index < -0.39 is 23.4 Å². The summed E-state index contributed by atoms with van der Waals surface area (Å²) in [5, 5.41) is 0. The van der Waals surface area contributed by atoms with E-state index in [4.69, 9.17) is 4.74 Å². The second-order valence-electron chi connectivity index (χ2n) is 10.4. The van der Waals surface area contributed by atoms with E-state index in [9.17, 15) is 14.4 Å². The van der Waals surface area contributed by atoms with Gasteiger partial charge in [0, 0.05) is 32.8 Å². The van der Waals surface area contributed by atoms with E-state index in [1.807, 2.05) is 77.7 Å². The molecule has 0 amide bonds. The Bertz CT molecular complexity index is 1690. The van der Waals surface area contributed by atoms with Gasteiger partial charge in [-0.1, -0.05) is 94.8 Å². The van der Waals surface area contributed by atoms with Gasteiger partial charge in [-0.2, -0.15) is 0 Å². The molecule has 1 aliphatic carbocycles.